The van der Waals surface area contributed by atoms with Crippen molar-refractivity contribution in [3.63, 3.8) is 0 Å². The van der Waals surface area contributed by atoms with E-state index in [1.807, 2.05) is 0 Å². The molecule has 12 nitrogen and oxygen atoms in total. The van der Waals surface area contributed by atoms with Gasteiger partial charge in [-0.25, -0.2) is 16.3 Å². The van der Waals surface area contributed by atoms with Gasteiger partial charge in [-0.15, -0.1) is 0 Å². The average molecular weight is 641 g/mol. The van der Waals surface area contributed by atoms with Crippen molar-refractivity contribution in [1.82, 2.24) is 16.3 Å². The molecule has 0 atom stereocenters. The van der Waals surface area contributed by atoms with Crippen LogP contribution in [0.4, 0.5) is 0 Å². The molecule has 6 N–H and O–H groups in total. The van der Waals surface area contributed by atoms with E-state index in [9.17, 15) is 29.7 Å². The second-order valence-corrected chi connectivity index (χ2v) is 10.2. The minimum atomic E-state index is -0.631. The van der Waals surface area contributed by atoms with Gasteiger partial charge < -0.3 is 15.3 Å². The van der Waals surface area contributed by atoms with Crippen LogP contribution in [0.1, 0.15) is 47.8 Å². The maximum absolute atomic E-state index is 13.1. The molecule has 238 valence electrons. The third kappa shape index (κ3) is 8.34. The maximum Gasteiger partial charge on any atom is 0.271 e. The highest BCUT2D eigenvalue weighted by atomic mass is 16.3. The molecule has 0 saturated heterocycles. The summed E-state index contributed by atoms with van der Waals surface area (Å²) >= 11 is 0. The first-order chi connectivity index (χ1) is 23.3. The van der Waals surface area contributed by atoms with E-state index in [-0.39, 0.29) is 33.9 Å². The molecule has 0 fully saturated rings. The van der Waals surface area contributed by atoms with Crippen LogP contribution in [-0.4, -0.2) is 51.7 Å². The lowest BCUT2D eigenvalue weighted by molar-refractivity contribution is 0.0944. The Kier molecular flexibility index (Phi) is 10.3. The van der Waals surface area contributed by atoms with E-state index in [0.717, 1.165) is 0 Å². The zero-order valence-corrected chi connectivity index (χ0v) is 25.1. The van der Waals surface area contributed by atoms with Crippen LogP contribution in [0.2, 0.25) is 0 Å². The highest BCUT2D eigenvalue weighted by Crippen LogP contribution is 2.24. The fraction of sp³-hybridized carbons (Fsp3) is 0. The van der Waals surface area contributed by atoms with Gasteiger partial charge in [-0.2, -0.15) is 15.3 Å². The number of amides is 3. The van der Waals surface area contributed by atoms with Crippen LogP contribution in [0.5, 0.6) is 17.2 Å². The lowest BCUT2D eigenvalue weighted by Gasteiger charge is -2.10. The molecule has 0 aromatic heterocycles. The van der Waals surface area contributed by atoms with Crippen LogP contribution in [0.25, 0.3) is 11.1 Å². The number of para-hydroxylation sites is 3. The molecule has 5 rings (SSSR count). The number of carbonyl (C=O) groups excluding carboxylic acids is 3. The van der Waals surface area contributed by atoms with Crippen molar-refractivity contribution in [2.24, 2.45) is 15.3 Å². The Hall–Kier alpha value is -7.08. The van der Waals surface area contributed by atoms with Crippen molar-refractivity contribution in [3.8, 4) is 28.4 Å². The molecule has 0 unspecified atom stereocenters. The van der Waals surface area contributed by atoms with E-state index in [1.54, 1.807) is 91.0 Å². The van der Waals surface area contributed by atoms with Crippen LogP contribution >= 0.6 is 0 Å². The third-order valence-electron chi connectivity index (χ3n) is 6.86. The van der Waals surface area contributed by atoms with Gasteiger partial charge in [0, 0.05) is 33.4 Å². The molecule has 0 spiro atoms. The summed E-state index contributed by atoms with van der Waals surface area (Å²) in [4.78, 5) is 38.9. The predicted octanol–water partition coefficient (Wildman–Crippen LogP) is 4.76. The van der Waals surface area contributed by atoms with Crippen molar-refractivity contribution < 1.29 is 29.7 Å². The fourth-order valence-corrected chi connectivity index (χ4v) is 4.34. The van der Waals surface area contributed by atoms with Crippen molar-refractivity contribution in [3.05, 3.63) is 149 Å². The first-order valence-electron chi connectivity index (χ1n) is 14.4. The van der Waals surface area contributed by atoms with Gasteiger partial charge in [0.25, 0.3) is 17.7 Å². The molecule has 12 heteroatoms. The fourth-order valence-electron chi connectivity index (χ4n) is 4.34. The molecule has 5 aromatic carbocycles. The Morgan fingerprint density at radius 3 is 1.17 bits per heavy atom. The molecular weight excluding hydrogens is 612 g/mol. The zero-order valence-electron chi connectivity index (χ0n) is 25.1. The number of nitrogens with one attached hydrogen (secondary N) is 3. The minimum Gasteiger partial charge on any atom is -0.507 e. The quantitative estimate of drug-likeness (QED) is 0.0944. The number of nitrogens with zero attached hydrogens (tertiary/aromatic N) is 3. The molecule has 0 bridgehead atoms. The smallest absolute Gasteiger partial charge is 0.271 e. The largest absolute Gasteiger partial charge is 0.507 e. The van der Waals surface area contributed by atoms with Crippen LogP contribution in [0, 0.1) is 0 Å². The summed E-state index contributed by atoms with van der Waals surface area (Å²) in [7, 11) is 0. The van der Waals surface area contributed by atoms with E-state index >= 15 is 0 Å². The van der Waals surface area contributed by atoms with E-state index in [4.69, 9.17) is 0 Å². The summed E-state index contributed by atoms with van der Waals surface area (Å²) in [5.74, 6) is -1.76. The first kappa shape index (κ1) is 32.3. The van der Waals surface area contributed by atoms with Crippen molar-refractivity contribution in [1.29, 1.82) is 0 Å². The van der Waals surface area contributed by atoms with Crippen molar-refractivity contribution >= 4 is 36.4 Å². The number of hydrogen-bond donors (Lipinski definition) is 6. The molecule has 0 aliphatic rings. The molecular formula is C36H28N6O6. The van der Waals surface area contributed by atoms with Gasteiger partial charge in [0.05, 0.1) is 18.6 Å². The lowest BCUT2D eigenvalue weighted by Crippen LogP contribution is -2.21. The number of phenols is 3. The lowest BCUT2D eigenvalue weighted by atomic mass is 9.98. The Morgan fingerprint density at radius 1 is 0.438 bits per heavy atom. The van der Waals surface area contributed by atoms with E-state index in [0.29, 0.717) is 27.8 Å². The molecule has 0 saturated carbocycles. The van der Waals surface area contributed by atoms with Crippen LogP contribution in [0.3, 0.4) is 0 Å². The summed E-state index contributed by atoms with van der Waals surface area (Å²) in [5.41, 5.74) is 9.96. The molecule has 0 heterocycles. The second-order valence-electron chi connectivity index (χ2n) is 10.2. The topological polar surface area (TPSA) is 185 Å². The van der Waals surface area contributed by atoms with Crippen LogP contribution in [-0.2, 0) is 0 Å². The zero-order chi connectivity index (χ0) is 33.9. The number of hydrazone groups is 3. The van der Waals surface area contributed by atoms with Crippen LogP contribution < -0.4 is 16.3 Å². The Morgan fingerprint density at radius 2 is 0.792 bits per heavy atom. The Balaban J connectivity index is 1.36. The van der Waals surface area contributed by atoms with Gasteiger partial charge in [0.1, 0.15) is 17.2 Å². The Labute approximate surface area is 274 Å². The number of hydrogen-bond acceptors (Lipinski definition) is 9. The van der Waals surface area contributed by atoms with Gasteiger partial charge in [-0.05, 0) is 77.9 Å². The van der Waals surface area contributed by atoms with E-state index in [1.165, 1.54) is 42.9 Å². The maximum atomic E-state index is 13.1. The summed E-state index contributed by atoms with van der Waals surface area (Å²) < 4.78 is 0. The molecule has 5 aromatic rings. The van der Waals surface area contributed by atoms with Gasteiger partial charge in [-0.1, -0.05) is 48.5 Å². The number of phenolic OH excluding ortho intramolecular Hbond substituents is 3. The SMILES string of the molecule is O=C(N/N=C/c1ccccc1O)c1ccc(-c2cc(C(=O)N/N=C/c3ccccc3O)cc(C(=O)N/N=C/c3ccccc3O)c2)cc1. The number of benzene rings is 5. The van der Waals surface area contributed by atoms with Gasteiger partial charge >= 0.3 is 0 Å². The standard InChI is InChI=1S/C36H28N6O6/c43-31-10-4-1-7-25(31)20-37-40-34(46)24-15-13-23(14-16-24)28-17-29(35(47)41-38-21-26-8-2-5-11-32(26)44)19-30(18-28)36(48)42-39-22-27-9-3-6-12-33(27)45/h1-22,43-45H,(H,40,46)(H,41,47)(H,42,48)/b37-20+,38-21+,39-22+. The Bertz CT molecular complexity index is 1970. The number of aromatic hydroxyl groups is 3. The number of rotatable bonds is 10. The summed E-state index contributed by atoms with van der Waals surface area (Å²) in [6.07, 6.45) is 3.90. The monoisotopic (exact) mass is 640 g/mol. The highest BCUT2D eigenvalue weighted by Gasteiger charge is 2.15. The molecule has 3 amide bonds. The van der Waals surface area contributed by atoms with Crippen molar-refractivity contribution in [2.45, 2.75) is 0 Å². The van der Waals surface area contributed by atoms with Crippen LogP contribution in [0.15, 0.2) is 131 Å². The molecule has 48 heavy (non-hydrogen) atoms. The molecule has 0 radical (unpaired) electrons. The van der Waals surface area contributed by atoms with E-state index in [2.05, 4.69) is 31.6 Å². The summed E-state index contributed by atoms with van der Waals surface area (Å²) in [6, 6.07) is 30.3. The summed E-state index contributed by atoms with van der Waals surface area (Å²) in [6.45, 7) is 0. The first-order valence-corrected chi connectivity index (χ1v) is 14.4. The average Bonchev–Trinajstić information content (AvgIpc) is 3.10. The summed E-state index contributed by atoms with van der Waals surface area (Å²) in [5, 5.41) is 41.5. The predicted molar refractivity (Wildman–Crippen MR) is 181 cm³/mol. The third-order valence-corrected chi connectivity index (χ3v) is 6.86. The minimum absolute atomic E-state index is 0.0137. The molecule has 0 aliphatic heterocycles. The number of carbonyl (C=O) groups is 3. The van der Waals surface area contributed by atoms with Gasteiger partial charge in [0.2, 0.25) is 0 Å². The highest BCUT2D eigenvalue weighted by molar-refractivity contribution is 6.02. The van der Waals surface area contributed by atoms with E-state index < -0.39 is 17.7 Å². The van der Waals surface area contributed by atoms with Gasteiger partial charge in [0.15, 0.2) is 0 Å². The second kappa shape index (κ2) is 15.3. The van der Waals surface area contributed by atoms with Crippen molar-refractivity contribution in [2.75, 3.05) is 0 Å². The normalized spacial score (nSPS) is 11.2. The molecule has 0 aliphatic carbocycles. The van der Waals surface area contributed by atoms with Gasteiger partial charge in [-0.3, -0.25) is 14.4 Å².